The zero-order chi connectivity index (χ0) is 11.3. The predicted molar refractivity (Wildman–Crippen MR) is 58.3 cm³/mol. The number of hydrogen-bond acceptors (Lipinski definition) is 4. The molecular formula is C10H20N4O. The lowest BCUT2D eigenvalue weighted by Crippen LogP contribution is -2.26. The molecule has 0 aromatic carbocycles. The fourth-order valence-corrected chi connectivity index (χ4v) is 1.38. The van der Waals surface area contributed by atoms with Crippen LogP contribution in [0.4, 0.5) is 0 Å². The van der Waals surface area contributed by atoms with Gasteiger partial charge >= 0.3 is 0 Å². The van der Waals surface area contributed by atoms with Crippen molar-refractivity contribution in [2.45, 2.75) is 45.3 Å². The number of nitrogens with two attached hydrogens (primary N) is 1. The minimum Gasteiger partial charge on any atom is -0.389 e. The number of rotatable bonds is 6. The molecule has 0 aliphatic rings. The van der Waals surface area contributed by atoms with Crippen LogP contribution in [0.2, 0.25) is 0 Å². The summed E-state index contributed by atoms with van der Waals surface area (Å²) < 4.78 is 1.68. The Labute approximate surface area is 90.3 Å². The smallest absolute Gasteiger partial charge is 0.0827 e. The first-order chi connectivity index (χ1) is 7.01. The van der Waals surface area contributed by atoms with E-state index < -0.39 is 5.60 Å². The van der Waals surface area contributed by atoms with Crippen molar-refractivity contribution in [1.29, 1.82) is 0 Å². The second kappa shape index (κ2) is 5.23. The average molecular weight is 212 g/mol. The van der Waals surface area contributed by atoms with Crippen molar-refractivity contribution in [3.63, 3.8) is 0 Å². The molecule has 0 spiro atoms. The SMILES string of the molecule is CC(C)(O)Cn1cc(CCCCN)nn1. The molecular weight excluding hydrogens is 192 g/mol. The highest BCUT2D eigenvalue weighted by Crippen LogP contribution is 2.06. The van der Waals surface area contributed by atoms with E-state index in [1.54, 1.807) is 18.5 Å². The van der Waals surface area contributed by atoms with Crippen molar-refractivity contribution in [3.05, 3.63) is 11.9 Å². The quantitative estimate of drug-likeness (QED) is 0.666. The summed E-state index contributed by atoms with van der Waals surface area (Å²) in [5.74, 6) is 0. The normalized spacial score (nSPS) is 12.0. The highest BCUT2D eigenvalue weighted by atomic mass is 16.3. The summed E-state index contributed by atoms with van der Waals surface area (Å²) in [6.07, 6.45) is 4.84. The summed E-state index contributed by atoms with van der Waals surface area (Å²) >= 11 is 0. The lowest BCUT2D eigenvalue weighted by Gasteiger charge is -2.15. The van der Waals surface area contributed by atoms with Gasteiger partial charge in [-0.2, -0.15) is 0 Å². The fraction of sp³-hybridized carbons (Fsp3) is 0.800. The molecule has 1 aromatic rings. The first-order valence-electron chi connectivity index (χ1n) is 5.33. The van der Waals surface area contributed by atoms with Gasteiger partial charge in [0.15, 0.2) is 0 Å². The maximum Gasteiger partial charge on any atom is 0.0827 e. The van der Waals surface area contributed by atoms with Gasteiger partial charge < -0.3 is 10.8 Å². The molecule has 0 bridgehead atoms. The molecule has 1 rings (SSSR count). The van der Waals surface area contributed by atoms with E-state index in [1.165, 1.54) is 0 Å². The number of aliphatic hydroxyl groups is 1. The summed E-state index contributed by atoms with van der Waals surface area (Å²) in [4.78, 5) is 0. The highest BCUT2D eigenvalue weighted by Gasteiger charge is 2.14. The Balaban J connectivity index is 2.42. The Bertz CT molecular complexity index is 290. The van der Waals surface area contributed by atoms with E-state index >= 15 is 0 Å². The van der Waals surface area contributed by atoms with Gasteiger partial charge in [0.05, 0.1) is 17.8 Å². The third-order valence-corrected chi connectivity index (χ3v) is 2.02. The van der Waals surface area contributed by atoms with Crippen molar-refractivity contribution in [2.75, 3.05) is 6.54 Å². The monoisotopic (exact) mass is 212 g/mol. The van der Waals surface area contributed by atoms with Crippen LogP contribution in [0.5, 0.6) is 0 Å². The fourth-order valence-electron chi connectivity index (χ4n) is 1.38. The minimum atomic E-state index is -0.748. The molecule has 0 unspecified atom stereocenters. The second-order valence-electron chi connectivity index (χ2n) is 4.47. The Morgan fingerprint density at radius 3 is 2.80 bits per heavy atom. The first kappa shape index (κ1) is 12.1. The average Bonchev–Trinajstić information content (AvgIpc) is 2.50. The number of unbranched alkanes of at least 4 members (excludes halogenated alkanes) is 1. The van der Waals surface area contributed by atoms with E-state index in [0.29, 0.717) is 6.54 Å². The van der Waals surface area contributed by atoms with Gasteiger partial charge in [-0.3, -0.25) is 0 Å². The summed E-state index contributed by atoms with van der Waals surface area (Å²) in [6.45, 7) is 4.69. The van der Waals surface area contributed by atoms with Crippen molar-refractivity contribution in [2.24, 2.45) is 5.73 Å². The maximum absolute atomic E-state index is 9.59. The largest absolute Gasteiger partial charge is 0.389 e. The van der Waals surface area contributed by atoms with E-state index in [4.69, 9.17) is 5.73 Å². The number of nitrogens with zero attached hydrogens (tertiary/aromatic N) is 3. The lowest BCUT2D eigenvalue weighted by molar-refractivity contribution is 0.0571. The topological polar surface area (TPSA) is 77.0 Å². The van der Waals surface area contributed by atoms with Crippen molar-refractivity contribution in [1.82, 2.24) is 15.0 Å². The number of hydrogen-bond donors (Lipinski definition) is 2. The van der Waals surface area contributed by atoms with Gasteiger partial charge in [0.1, 0.15) is 0 Å². The molecule has 0 fully saturated rings. The van der Waals surface area contributed by atoms with E-state index in [9.17, 15) is 5.11 Å². The zero-order valence-electron chi connectivity index (χ0n) is 9.48. The maximum atomic E-state index is 9.59. The molecule has 15 heavy (non-hydrogen) atoms. The Morgan fingerprint density at radius 2 is 2.20 bits per heavy atom. The van der Waals surface area contributed by atoms with Gasteiger partial charge in [-0.15, -0.1) is 5.10 Å². The van der Waals surface area contributed by atoms with Gasteiger partial charge in [-0.1, -0.05) is 5.21 Å². The van der Waals surface area contributed by atoms with E-state index in [1.807, 2.05) is 6.20 Å². The molecule has 3 N–H and O–H groups in total. The molecule has 1 heterocycles. The lowest BCUT2D eigenvalue weighted by atomic mass is 10.1. The van der Waals surface area contributed by atoms with Crippen LogP contribution in [0.1, 0.15) is 32.4 Å². The van der Waals surface area contributed by atoms with Crippen LogP contribution >= 0.6 is 0 Å². The number of aromatic nitrogens is 3. The Kier molecular flexibility index (Phi) is 4.23. The number of aryl methyl sites for hydroxylation is 1. The van der Waals surface area contributed by atoms with Gasteiger partial charge in [-0.25, -0.2) is 4.68 Å². The van der Waals surface area contributed by atoms with Crippen molar-refractivity contribution in [3.8, 4) is 0 Å². The second-order valence-corrected chi connectivity index (χ2v) is 4.47. The molecule has 0 saturated heterocycles. The molecule has 0 saturated carbocycles. The molecule has 0 radical (unpaired) electrons. The molecule has 0 aliphatic heterocycles. The summed E-state index contributed by atoms with van der Waals surface area (Å²) in [6, 6.07) is 0. The molecule has 0 aliphatic carbocycles. The van der Waals surface area contributed by atoms with Crippen LogP contribution in [0, 0.1) is 0 Å². The van der Waals surface area contributed by atoms with E-state index in [-0.39, 0.29) is 0 Å². The molecule has 0 amide bonds. The summed E-state index contributed by atoms with van der Waals surface area (Å²) in [7, 11) is 0. The highest BCUT2D eigenvalue weighted by molar-refractivity contribution is 4.92. The zero-order valence-corrected chi connectivity index (χ0v) is 9.48. The van der Waals surface area contributed by atoms with Gasteiger partial charge in [0.25, 0.3) is 0 Å². The Morgan fingerprint density at radius 1 is 1.47 bits per heavy atom. The van der Waals surface area contributed by atoms with Crippen LogP contribution in [0.3, 0.4) is 0 Å². The van der Waals surface area contributed by atoms with Crippen LogP contribution in [0.25, 0.3) is 0 Å². The molecule has 5 heteroatoms. The molecule has 5 nitrogen and oxygen atoms in total. The summed E-state index contributed by atoms with van der Waals surface area (Å²) in [5, 5.41) is 17.6. The van der Waals surface area contributed by atoms with Crippen LogP contribution in [-0.2, 0) is 13.0 Å². The molecule has 1 aromatic heterocycles. The standard InChI is InChI=1S/C10H20N4O/c1-10(2,15)8-14-7-9(12-13-14)5-3-4-6-11/h7,15H,3-6,8,11H2,1-2H3. The summed E-state index contributed by atoms with van der Waals surface area (Å²) in [5.41, 5.74) is 5.62. The molecule has 0 atom stereocenters. The molecule has 86 valence electrons. The Hall–Kier alpha value is -0.940. The first-order valence-corrected chi connectivity index (χ1v) is 5.33. The van der Waals surface area contributed by atoms with Crippen LogP contribution < -0.4 is 5.73 Å². The van der Waals surface area contributed by atoms with Gasteiger partial charge in [-0.05, 0) is 39.7 Å². The predicted octanol–water partition coefficient (Wildman–Crippen LogP) is 0.330. The van der Waals surface area contributed by atoms with Crippen LogP contribution in [-0.4, -0.2) is 32.2 Å². The van der Waals surface area contributed by atoms with Crippen molar-refractivity contribution >= 4 is 0 Å². The van der Waals surface area contributed by atoms with Crippen LogP contribution in [0.15, 0.2) is 6.20 Å². The van der Waals surface area contributed by atoms with Crippen molar-refractivity contribution < 1.29 is 5.11 Å². The van der Waals surface area contributed by atoms with Gasteiger partial charge in [0.2, 0.25) is 0 Å². The minimum absolute atomic E-state index is 0.469. The third kappa shape index (κ3) is 4.90. The van der Waals surface area contributed by atoms with E-state index in [0.717, 1.165) is 31.5 Å². The van der Waals surface area contributed by atoms with Gasteiger partial charge in [0, 0.05) is 6.20 Å². The van der Waals surface area contributed by atoms with E-state index in [2.05, 4.69) is 10.3 Å². The third-order valence-electron chi connectivity index (χ3n) is 2.02.